The Morgan fingerprint density at radius 2 is 2.00 bits per heavy atom. The largest absolute Gasteiger partial charge is 0.324 e. The van der Waals surface area contributed by atoms with Gasteiger partial charge in [0.1, 0.15) is 11.6 Å². The van der Waals surface area contributed by atoms with Gasteiger partial charge in [-0.05, 0) is 29.6 Å². The van der Waals surface area contributed by atoms with Crippen molar-refractivity contribution in [1.82, 2.24) is 0 Å². The number of urea groups is 1. The lowest BCUT2D eigenvalue weighted by Gasteiger charge is -2.06. The van der Waals surface area contributed by atoms with Gasteiger partial charge in [-0.25, -0.2) is 13.6 Å². The van der Waals surface area contributed by atoms with E-state index in [1.54, 1.807) is 17.5 Å². The second-order valence-corrected chi connectivity index (χ2v) is 4.13. The molecule has 17 heavy (non-hydrogen) atoms. The highest BCUT2D eigenvalue weighted by Gasteiger charge is 2.08. The number of nitrogens with one attached hydrogen (secondary N) is 2. The standard InChI is InChI=1S/C11H8F2N2OS/c12-7-3-4-8(13)9(6-7)14-11(16)15-10-2-1-5-17-10/h1-6H,(H2,14,15,16). The molecule has 0 atom stereocenters. The molecule has 3 nitrogen and oxygen atoms in total. The van der Waals surface area contributed by atoms with E-state index in [0.29, 0.717) is 5.00 Å². The summed E-state index contributed by atoms with van der Waals surface area (Å²) in [5.41, 5.74) is -0.195. The van der Waals surface area contributed by atoms with Gasteiger partial charge in [0.05, 0.1) is 10.7 Å². The summed E-state index contributed by atoms with van der Waals surface area (Å²) in [6, 6.07) is 5.71. The lowest BCUT2D eigenvalue weighted by Crippen LogP contribution is -2.19. The number of carbonyl (C=O) groups is 1. The number of thiophene rings is 1. The number of halogens is 2. The maximum absolute atomic E-state index is 13.2. The van der Waals surface area contributed by atoms with Crippen molar-refractivity contribution in [2.24, 2.45) is 0 Å². The molecule has 0 aliphatic rings. The summed E-state index contributed by atoms with van der Waals surface area (Å²) in [5, 5.41) is 7.14. The third kappa shape index (κ3) is 3.01. The normalized spacial score (nSPS) is 10.0. The highest BCUT2D eigenvalue weighted by atomic mass is 32.1. The van der Waals surface area contributed by atoms with Gasteiger partial charge in [0, 0.05) is 6.07 Å². The summed E-state index contributed by atoms with van der Waals surface area (Å²) in [6.45, 7) is 0. The summed E-state index contributed by atoms with van der Waals surface area (Å²) >= 11 is 1.33. The van der Waals surface area contributed by atoms with E-state index in [-0.39, 0.29) is 5.69 Å². The third-order valence-electron chi connectivity index (χ3n) is 1.93. The fourth-order valence-corrected chi connectivity index (χ4v) is 1.82. The summed E-state index contributed by atoms with van der Waals surface area (Å²) < 4.78 is 26.0. The van der Waals surface area contributed by atoms with E-state index in [2.05, 4.69) is 10.6 Å². The van der Waals surface area contributed by atoms with Crippen molar-refractivity contribution in [2.75, 3.05) is 10.6 Å². The number of rotatable bonds is 2. The zero-order valence-corrected chi connectivity index (χ0v) is 9.35. The zero-order chi connectivity index (χ0) is 12.3. The smallest absolute Gasteiger partial charge is 0.305 e. The van der Waals surface area contributed by atoms with Crippen molar-refractivity contribution in [3.05, 3.63) is 47.3 Å². The molecule has 0 bridgehead atoms. The Labute approximate surface area is 100 Å². The fourth-order valence-electron chi connectivity index (χ4n) is 1.21. The quantitative estimate of drug-likeness (QED) is 0.843. The van der Waals surface area contributed by atoms with E-state index in [4.69, 9.17) is 0 Å². The number of hydrogen-bond donors (Lipinski definition) is 2. The van der Waals surface area contributed by atoms with E-state index in [0.717, 1.165) is 18.2 Å². The van der Waals surface area contributed by atoms with Crippen LogP contribution in [0.2, 0.25) is 0 Å². The van der Waals surface area contributed by atoms with Crippen LogP contribution in [0, 0.1) is 11.6 Å². The van der Waals surface area contributed by atoms with Crippen LogP contribution in [0.25, 0.3) is 0 Å². The molecule has 2 aromatic rings. The molecule has 1 aromatic heterocycles. The van der Waals surface area contributed by atoms with Crippen LogP contribution >= 0.6 is 11.3 Å². The van der Waals surface area contributed by atoms with Crippen LogP contribution in [0.15, 0.2) is 35.7 Å². The molecule has 0 unspecified atom stereocenters. The van der Waals surface area contributed by atoms with Crippen LogP contribution in [-0.4, -0.2) is 6.03 Å². The molecule has 2 amide bonds. The van der Waals surface area contributed by atoms with Crippen LogP contribution in [0.5, 0.6) is 0 Å². The van der Waals surface area contributed by atoms with Crippen molar-refractivity contribution >= 4 is 28.1 Å². The van der Waals surface area contributed by atoms with E-state index >= 15 is 0 Å². The van der Waals surface area contributed by atoms with Gasteiger partial charge in [-0.15, -0.1) is 11.3 Å². The average molecular weight is 254 g/mol. The molecule has 1 heterocycles. The van der Waals surface area contributed by atoms with Crippen LogP contribution in [-0.2, 0) is 0 Å². The Hall–Kier alpha value is -1.95. The van der Waals surface area contributed by atoms with E-state index in [1.165, 1.54) is 11.3 Å². The van der Waals surface area contributed by atoms with Gasteiger partial charge in [0.15, 0.2) is 0 Å². The first kappa shape index (κ1) is 11.5. The number of amides is 2. The molecule has 0 aliphatic carbocycles. The summed E-state index contributed by atoms with van der Waals surface area (Å²) in [7, 11) is 0. The number of benzene rings is 1. The fraction of sp³-hybridized carbons (Fsp3) is 0. The Kier molecular flexibility index (Phi) is 3.34. The first-order valence-corrected chi connectivity index (χ1v) is 5.59. The molecular formula is C11H8F2N2OS. The van der Waals surface area contributed by atoms with Gasteiger partial charge < -0.3 is 5.32 Å². The number of anilines is 2. The second kappa shape index (κ2) is 4.92. The van der Waals surface area contributed by atoms with Crippen molar-refractivity contribution in [1.29, 1.82) is 0 Å². The van der Waals surface area contributed by atoms with E-state index < -0.39 is 17.7 Å². The molecular weight excluding hydrogens is 246 g/mol. The monoisotopic (exact) mass is 254 g/mol. The SMILES string of the molecule is O=C(Nc1cccs1)Nc1cc(F)ccc1F. The van der Waals surface area contributed by atoms with Crippen LogP contribution < -0.4 is 10.6 Å². The summed E-state index contributed by atoms with van der Waals surface area (Å²) in [5.74, 6) is -1.30. The van der Waals surface area contributed by atoms with Gasteiger partial charge in [0.25, 0.3) is 0 Å². The highest BCUT2D eigenvalue weighted by molar-refractivity contribution is 7.14. The molecule has 0 aliphatic heterocycles. The first-order valence-electron chi connectivity index (χ1n) is 4.72. The average Bonchev–Trinajstić information content (AvgIpc) is 2.76. The van der Waals surface area contributed by atoms with Gasteiger partial charge in [-0.1, -0.05) is 0 Å². The lowest BCUT2D eigenvalue weighted by molar-refractivity contribution is 0.262. The third-order valence-corrected chi connectivity index (χ3v) is 2.72. The molecule has 1 aromatic carbocycles. The predicted molar refractivity (Wildman–Crippen MR) is 63.3 cm³/mol. The number of carbonyl (C=O) groups excluding carboxylic acids is 1. The van der Waals surface area contributed by atoms with Gasteiger partial charge >= 0.3 is 6.03 Å². The topological polar surface area (TPSA) is 41.1 Å². The minimum atomic E-state index is -0.687. The molecule has 0 fully saturated rings. The Morgan fingerprint density at radius 1 is 1.18 bits per heavy atom. The van der Waals surface area contributed by atoms with Gasteiger partial charge in [-0.2, -0.15) is 0 Å². The highest BCUT2D eigenvalue weighted by Crippen LogP contribution is 2.18. The lowest BCUT2D eigenvalue weighted by atomic mass is 10.3. The molecule has 88 valence electrons. The van der Waals surface area contributed by atoms with Crippen LogP contribution in [0.3, 0.4) is 0 Å². The van der Waals surface area contributed by atoms with E-state index in [1.807, 2.05) is 0 Å². The molecule has 6 heteroatoms. The molecule has 2 N–H and O–H groups in total. The molecule has 0 saturated carbocycles. The minimum Gasteiger partial charge on any atom is -0.305 e. The predicted octanol–water partition coefficient (Wildman–Crippen LogP) is 3.67. The zero-order valence-electron chi connectivity index (χ0n) is 8.54. The second-order valence-electron chi connectivity index (χ2n) is 3.18. The Morgan fingerprint density at radius 3 is 2.71 bits per heavy atom. The summed E-state index contributed by atoms with van der Waals surface area (Å²) in [6.07, 6.45) is 0. The Balaban J connectivity index is 2.05. The van der Waals surface area contributed by atoms with Crippen LogP contribution in [0.4, 0.5) is 24.3 Å². The summed E-state index contributed by atoms with van der Waals surface area (Å²) in [4.78, 5) is 11.4. The van der Waals surface area contributed by atoms with Crippen molar-refractivity contribution < 1.29 is 13.6 Å². The maximum Gasteiger partial charge on any atom is 0.324 e. The maximum atomic E-state index is 13.2. The van der Waals surface area contributed by atoms with Gasteiger partial charge in [-0.3, -0.25) is 5.32 Å². The first-order chi connectivity index (χ1) is 8.15. The van der Waals surface area contributed by atoms with E-state index in [9.17, 15) is 13.6 Å². The molecule has 0 radical (unpaired) electrons. The van der Waals surface area contributed by atoms with Crippen LogP contribution in [0.1, 0.15) is 0 Å². The number of hydrogen-bond acceptors (Lipinski definition) is 2. The van der Waals surface area contributed by atoms with Crippen molar-refractivity contribution in [3.63, 3.8) is 0 Å². The molecule has 0 spiro atoms. The minimum absolute atomic E-state index is 0.195. The van der Waals surface area contributed by atoms with Crippen molar-refractivity contribution in [3.8, 4) is 0 Å². The van der Waals surface area contributed by atoms with Crippen molar-refractivity contribution in [2.45, 2.75) is 0 Å². The molecule has 2 rings (SSSR count). The van der Waals surface area contributed by atoms with Gasteiger partial charge in [0.2, 0.25) is 0 Å². The Bertz CT molecular complexity index is 528. The molecule has 0 saturated heterocycles.